The van der Waals surface area contributed by atoms with Crippen LogP contribution in [-0.4, -0.2) is 21.2 Å². The van der Waals surface area contributed by atoms with Crippen molar-refractivity contribution in [2.75, 3.05) is 0 Å². The quantitative estimate of drug-likeness (QED) is 0.901. The van der Waals surface area contributed by atoms with Crippen LogP contribution in [0.4, 0.5) is 0 Å². The monoisotopic (exact) mass is 274 g/mol. The van der Waals surface area contributed by atoms with Crippen LogP contribution in [-0.2, 0) is 6.61 Å². The van der Waals surface area contributed by atoms with Gasteiger partial charge in [0.05, 0.1) is 5.56 Å². The van der Waals surface area contributed by atoms with E-state index in [0.29, 0.717) is 28.9 Å². The lowest BCUT2D eigenvalue weighted by atomic mass is 10.1. The van der Waals surface area contributed by atoms with Crippen LogP contribution in [0.15, 0.2) is 22.7 Å². The molecule has 2 aromatic rings. The van der Waals surface area contributed by atoms with Crippen molar-refractivity contribution in [3.05, 3.63) is 41.0 Å². The molecule has 0 amide bonds. The van der Waals surface area contributed by atoms with Gasteiger partial charge in [0.25, 0.3) is 0 Å². The number of aromatic nitrogens is 2. The summed E-state index contributed by atoms with van der Waals surface area (Å²) >= 11 is 0. The summed E-state index contributed by atoms with van der Waals surface area (Å²) in [6.07, 6.45) is 2.20. The standard InChI is InChI=1S/C14H14N2O4/c1-8-10(14(17)18)3-2-4-11(8)19-7-12-15-13(20-16-12)9-5-6-9/h2-4,9H,5-7H2,1H3,(H,17,18). The maximum atomic E-state index is 11.0. The molecule has 0 unspecified atom stereocenters. The normalized spacial score (nSPS) is 14.2. The van der Waals surface area contributed by atoms with Crippen LogP contribution in [0.2, 0.25) is 0 Å². The highest BCUT2D eigenvalue weighted by atomic mass is 16.5. The number of benzene rings is 1. The topological polar surface area (TPSA) is 85.5 Å². The number of carboxylic acid groups (broad SMARTS) is 1. The fourth-order valence-corrected chi connectivity index (χ4v) is 1.97. The Morgan fingerprint density at radius 2 is 2.30 bits per heavy atom. The van der Waals surface area contributed by atoms with Gasteiger partial charge in [-0.25, -0.2) is 4.79 Å². The van der Waals surface area contributed by atoms with Crippen molar-refractivity contribution in [2.45, 2.75) is 32.3 Å². The van der Waals surface area contributed by atoms with Gasteiger partial charge in [0.15, 0.2) is 6.61 Å². The van der Waals surface area contributed by atoms with E-state index in [1.165, 1.54) is 0 Å². The minimum Gasteiger partial charge on any atom is -0.485 e. The molecule has 1 saturated carbocycles. The lowest BCUT2D eigenvalue weighted by Gasteiger charge is -2.08. The van der Waals surface area contributed by atoms with Gasteiger partial charge in [-0.3, -0.25) is 0 Å². The molecule has 6 nitrogen and oxygen atoms in total. The second-order valence-corrected chi connectivity index (χ2v) is 4.85. The molecule has 0 spiro atoms. The molecular weight excluding hydrogens is 260 g/mol. The summed E-state index contributed by atoms with van der Waals surface area (Å²) in [4.78, 5) is 15.3. The third-order valence-corrected chi connectivity index (χ3v) is 3.28. The van der Waals surface area contributed by atoms with E-state index in [0.717, 1.165) is 12.8 Å². The van der Waals surface area contributed by atoms with Crippen molar-refractivity contribution < 1.29 is 19.2 Å². The minimum atomic E-state index is -0.969. The molecule has 0 saturated heterocycles. The molecule has 6 heteroatoms. The molecule has 0 atom stereocenters. The molecular formula is C14H14N2O4. The lowest BCUT2D eigenvalue weighted by Crippen LogP contribution is -2.04. The van der Waals surface area contributed by atoms with Gasteiger partial charge in [-0.05, 0) is 31.9 Å². The summed E-state index contributed by atoms with van der Waals surface area (Å²) in [5.41, 5.74) is 0.820. The van der Waals surface area contributed by atoms with Crippen LogP contribution in [0, 0.1) is 6.92 Å². The third-order valence-electron chi connectivity index (χ3n) is 3.28. The number of nitrogens with zero attached hydrogens (tertiary/aromatic N) is 2. The van der Waals surface area contributed by atoms with E-state index >= 15 is 0 Å². The number of carboxylic acids is 1. The van der Waals surface area contributed by atoms with Gasteiger partial charge < -0.3 is 14.4 Å². The molecule has 1 N–H and O–H groups in total. The Balaban J connectivity index is 1.71. The molecule has 20 heavy (non-hydrogen) atoms. The maximum absolute atomic E-state index is 11.0. The third kappa shape index (κ3) is 2.49. The molecule has 1 fully saturated rings. The Labute approximate surface area is 115 Å². The largest absolute Gasteiger partial charge is 0.485 e. The van der Waals surface area contributed by atoms with Crippen LogP contribution in [0.5, 0.6) is 5.75 Å². The van der Waals surface area contributed by atoms with E-state index in [4.69, 9.17) is 14.4 Å². The first-order chi connectivity index (χ1) is 9.65. The zero-order valence-corrected chi connectivity index (χ0v) is 11.0. The summed E-state index contributed by atoms with van der Waals surface area (Å²) < 4.78 is 10.7. The number of rotatable bonds is 5. The van der Waals surface area contributed by atoms with Gasteiger partial charge in [-0.1, -0.05) is 11.2 Å². The number of carbonyl (C=O) groups is 1. The molecule has 0 bridgehead atoms. The Kier molecular flexibility index (Phi) is 3.14. The van der Waals surface area contributed by atoms with Crippen molar-refractivity contribution in [2.24, 2.45) is 0 Å². The van der Waals surface area contributed by atoms with Crippen LogP contribution < -0.4 is 4.74 Å². The first-order valence-electron chi connectivity index (χ1n) is 6.43. The van der Waals surface area contributed by atoms with E-state index < -0.39 is 5.97 Å². The fraction of sp³-hybridized carbons (Fsp3) is 0.357. The minimum absolute atomic E-state index is 0.167. The highest BCUT2D eigenvalue weighted by Gasteiger charge is 2.29. The molecule has 1 aromatic carbocycles. The Morgan fingerprint density at radius 3 is 3.00 bits per heavy atom. The van der Waals surface area contributed by atoms with Gasteiger partial charge in [0.1, 0.15) is 5.75 Å². The molecule has 3 rings (SSSR count). The lowest BCUT2D eigenvalue weighted by molar-refractivity contribution is 0.0695. The van der Waals surface area contributed by atoms with Crippen LogP contribution in [0.3, 0.4) is 0 Å². The van der Waals surface area contributed by atoms with Gasteiger partial charge in [-0.2, -0.15) is 4.98 Å². The maximum Gasteiger partial charge on any atom is 0.336 e. The Bertz CT molecular complexity index is 646. The zero-order chi connectivity index (χ0) is 14.1. The number of aromatic carboxylic acids is 1. The summed E-state index contributed by atoms with van der Waals surface area (Å²) in [7, 11) is 0. The molecule has 1 heterocycles. The highest BCUT2D eigenvalue weighted by Crippen LogP contribution is 2.38. The average Bonchev–Trinajstić information content (AvgIpc) is 3.17. The number of hydrogen-bond donors (Lipinski definition) is 1. The molecule has 1 aliphatic carbocycles. The van der Waals surface area contributed by atoms with Gasteiger partial charge in [0.2, 0.25) is 11.7 Å². The smallest absolute Gasteiger partial charge is 0.336 e. The molecule has 0 radical (unpaired) electrons. The van der Waals surface area contributed by atoms with Crippen molar-refractivity contribution in [1.29, 1.82) is 0 Å². The van der Waals surface area contributed by atoms with Crippen LogP contribution in [0.25, 0.3) is 0 Å². The summed E-state index contributed by atoms with van der Waals surface area (Å²) in [6, 6.07) is 4.92. The summed E-state index contributed by atoms with van der Waals surface area (Å²) in [5, 5.41) is 12.9. The zero-order valence-electron chi connectivity index (χ0n) is 11.0. The molecule has 0 aliphatic heterocycles. The molecule has 1 aromatic heterocycles. The van der Waals surface area contributed by atoms with E-state index in [2.05, 4.69) is 10.1 Å². The van der Waals surface area contributed by atoms with Crippen LogP contribution in [0.1, 0.15) is 46.4 Å². The Morgan fingerprint density at radius 1 is 1.50 bits per heavy atom. The fourth-order valence-electron chi connectivity index (χ4n) is 1.97. The summed E-state index contributed by atoms with van der Waals surface area (Å²) in [6.45, 7) is 1.88. The predicted octanol–water partition coefficient (Wildman–Crippen LogP) is 2.53. The van der Waals surface area contributed by atoms with Crippen molar-refractivity contribution in [3.8, 4) is 5.75 Å². The van der Waals surface area contributed by atoms with E-state index in [1.807, 2.05) is 0 Å². The number of hydrogen-bond acceptors (Lipinski definition) is 5. The van der Waals surface area contributed by atoms with Gasteiger partial charge in [-0.15, -0.1) is 0 Å². The second kappa shape index (κ2) is 4.96. The van der Waals surface area contributed by atoms with Crippen molar-refractivity contribution in [1.82, 2.24) is 10.1 Å². The number of ether oxygens (including phenoxy) is 1. The molecule has 104 valence electrons. The van der Waals surface area contributed by atoms with Crippen molar-refractivity contribution in [3.63, 3.8) is 0 Å². The van der Waals surface area contributed by atoms with E-state index in [9.17, 15) is 4.79 Å². The second-order valence-electron chi connectivity index (χ2n) is 4.85. The van der Waals surface area contributed by atoms with Gasteiger partial charge >= 0.3 is 5.97 Å². The van der Waals surface area contributed by atoms with Gasteiger partial charge in [0, 0.05) is 11.5 Å². The Hall–Kier alpha value is -2.37. The SMILES string of the molecule is Cc1c(OCc2noc(C3CC3)n2)cccc1C(=O)O. The highest BCUT2D eigenvalue weighted by molar-refractivity contribution is 5.90. The first kappa shape index (κ1) is 12.7. The average molecular weight is 274 g/mol. The van der Waals surface area contributed by atoms with E-state index in [1.54, 1.807) is 25.1 Å². The summed E-state index contributed by atoms with van der Waals surface area (Å²) in [5.74, 6) is 1.10. The predicted molar refractivity (Wildman–Crippen MR) is 68.7 cm³/mol. The van der Waals surface area contributed by atoms with E-state index in [-0.39, 0.29) is 12.2 Å². The van der Waals surface area contributed by atoms with Crippen molar-refractivity contribution >= 4 is 5.97 Å². The molecule has 1 aliphatic rings. The van der Waals surface area contributed by atoms with Crippen LogP contribution >= 0.6 is 0 Å². The first-order valence-corrected chi connectivity index (χ1v) is 6.43.